The maximum atomic E-state index is 13.2. The van der Waals surface area contributed by atoms with Crippen LogP contribution in [-0.2, 0) is 13.6 Å². The molecule has 150 valence electrons. The van der Waals surface area contributed by atoms with Crippen LogP contribution in [0.2, 0.25) is 0 Å². The van der Waals surface area contributed by atoms with E-state index in [9.17, 15) is 4.57 Å². The van der Waals surface area contributed by atoms with E-state index in [4.69, 9.17) is 9.05 Å². The molecule has 4 heteroatoms. The molecule has 3 nitrogen and oxygen atoms in total. The second kappa shape index (κ2) is 15.4. The Bertz CT molecular complexity index is 454. The fourth-order valence-corrected chi connectivity index (χ4v) is 4.58. The molecule has 0 aliphatic rings. The summed E-state index contributed by atoms with van der Waals surface area (Å²) in [5.74, 6) is 0. The van der Waals surface area contributed by atoms with Crippen molar-refractivity contribution in [1.29, 1.82) is 0 Å². The van der Waals surface area contributed by atoms with Gasteiger partial charge < -0.3 is 9.05 Å². The number of hydrogen-bond donors (Lipinski definition) is 0. The molecule has 0 saturated carbocycles. The van der Waals surface area contributed by atoms with Gasteiger partial charge in [0.25, 0.3) is 0 Å². The Morgan fingerprint density at radius 1 is 0.654 bits per heavy atom. The predicted molar refractivity (Wildman–Crippen MR) is 112 cm³/mol. The van der Waals surface area contributed by atoms with Crippen LogP contribution in [-0.4, -0.2) is 13.2 Å². The maximum Gasteiger partial charge on any atom is 0.361 e. The minimum Gasteiger partial charge on any atom is -0.305 e. The summed E-state index contributed by atoms with van der Waals surface area (Å²) in [6.07, 6.45) is 14.3. The van der Waals surface area contributed by atoms with Crippen molar-refractivity contribution in [1.82, 2.24) is 0 Å². The van der Waals surface area contributed by atoms with Crippen LogP contribution in [0.25, 0.3) is 0 Å². The summed E-state index contributed by atoms with van der Waals surface area (Å²) < 4.78 is 24.8. The molecule has 1 rings (SSSR count). The first-order chi connectivity index (χ1) is 12.7. The van der Waals surface area contributed by atoms with E-state index >= 15 is 0 Å². The van der Waals surface area contributed by atoms with Gasteiger partial charge in [0.15, 0.2) is 0 Å². The summed E-state index contributed by atoms with van der Waals surface area (Å²) in [4.78, 5) is 0. The topological polar surface area (TPSA) is 35.5 Å². The van der Waals surface area contributed by atoms with Crippen LogP contribution in [0.5, 0.6) is 0 Å². The molecule has 0 aliphatic heterocycles. The van der Waals surface area contributed by atoms with Gasteiger partial charge in [0, 0.05) is 0 Å². The number of unbranched alkanes of at least 4 members (excludes halogenated alkanes) is 10. The van der Waals surface area contributed by atoms with Crippen LogP contribution in [0.3, 0.4) is 0 Å². The molecular formula is C22H39O3P. The molecule has 0 atom stereocenters. The van der Waals surface area contributed by atoms with Gasteiger partial charge in [-0.25, -0.2) is 0 Å². The van der Waals surface area contributed by atoms with Gasteiger partial charge in [-0.2, -0.15) is 0 Å². The molecule has 0 heterocycles. The highest BCUT2D eigenvalue weighted by molar-refractivity contribution is 7.62. The molecular weight excluding hydrogens is 343 g/mol. The standard InChI is InChI=1S/C22H39O3P/c1-3-5-7-9-11-16-20-24-26(23,22-18-14-13-15-19-22)25-21-17-12-10-8-6-4-2/h13-15,18-19H,3-12,16-17,20-21H2,1-2H3. The minimum absolute atomic E-state index is 0.509. The zero-order valence-electron chi connectivity index (χ0n) is 17.0. The quantitative estimate of drug-likeness (QED) is 0.210. The molecule has 0 aromatic heterocycles. The summed E-state index contributed by atoms with van der Waals surface area (Å²) in [5, 5.41) is 0.678. The smallest absolute Gasteiger partial charge is 0.305 e. The Balaban J connectivity index is 2.37. The molecule has 0 spiro atoms. The van der Waals surface area contributed by atoms with E-state index in [0.29, 0.717) is 18.5 Å². The number of rotatable bonds is 17. The van der Waals surface area contributed by atoms with Crippen molar-refractivity contribution >= 4 is 12.9 Å². The molecule has 1 aromatic carbocycles. The second-order valence-electron chi connectivity index (χ2n) is 7.03. The lowest BCUT2D eigenvalue weighted by molar-refractivity contribution is 0.206. The van der Waals surface area contributed by atoms with Crippen molar-refractivity contribution in [2.24, 2.45) is 0 Å². The van der Waals surface area contributed by atoms with Crippen molar-refractivity contribution in [2.45, 2.75) is 90.9 Å². The summed E-state index contributed by atoms with van der Waals surface area (Å²) in [6.45, 7) is 5.46. The Hall–Kier alpha value is -0.630. The van der Waals surface area contributed by atoms with Crippen LogP contribution in [0.1, 0.15) is 90.9 Å². The lowest BCUT2D eigenvalue weighted by Gasteiger charge is -2.19. The van der Waals surface area contributed by atoms with Gasteiger partial charge in [-0.05, 0) is 25.0 Å². The van der Waals surface area contributed by atoms with Crippen molar-refractivity contribution in [3.8, 4) is 0 Å². The SMILES string of the molecule is CCCCCCCCOP(=O)(OCCCCCCCC)c1ccccc1. The molecule has 0 fully saturated rings. The summed E-state index contributed by atoms with van der Waals surface area (Å²) >= 11 is 0. The molecule has 1 aromatic rings. The van der Waals surface area contributed by atoms with Gasteiger partial charge in [-0.15, -0.1) is 0 Å². The van der Waals surface area contributed by atoms with Gasteiger partial charge in [0.2, 0.25) is 0 Å². The van der Waals surface area contributed by atoms with Crippen LogP contribution < -0.4 is 5.30 Å². The van der Waals surface area contributed by atoms with Gasteiger partial charge in [0.05, 0.1) is 18.5 Å². The van der Waals surface area contributed by atoms with E-state index in [1.807, 2.05) is 30.3 Å². The Labute approximate surface area is 161 Å². The molecule has 0 aliphatic carbocycles. The third-order valence-corrected chi connectivity index (χ3v) is 6.57. The number of hydrogen-bond acceptors (Lipinski definition) is 3. The van der Waals surface area contributed by atoms with E-state index < -0.39 is 7.60 Å². The third kappa shape index (κ3) is 10.5. The lowest BCUT2D eigenvalue weighted by atomic mass is 10.1. The van der Waals surface area contributed by atoms with Gasteiger partial charge >= 0.3 is 7.60 Å². The Morgan fingerprint density at radius 2 is 1.08 bits per heavy atom. The highest BCUT2D eigenvalue weighted by atomic mass is 31.2. The highest BCUT2D eigenvalue weighted by Gasteiger charge is 2.27. The molecule has 0 saturated heterocycles. The fraction of sp³-hybridized carbons (Fsp3) is 0.727. The number of benzene rings is 1. The van der Waals surface area contributed by atoms with Gasteiger partial charge in [-0.3, -0.25) is 4.57 Å². The predicted octanol–water partition coefficient (Wildman–Crippen LogP) is 7.26. The normalized spacial score (nSPS) is 11.8. The maximum absolute atomic E-state index is 13.2. The summed E-state index contributed by atoms with van der Waals surface area (Å²) in [5.41, 5.74) is 0. The minimum atomic E-state index is -3.19. The van der Waals surface area contributed by atoms with E-state index in [-0.39, 0.29) is 0 Å². The fourth-order valence-electron chi connectivity index (χ4n) is 2.93. The van der Waals surface area contributed by atoms with Crippen molar-refractivity contribution in [3.63, 3.8) is 0 Å². The second-order valence-corrected chi connectivity index (χ2v) is 9.06. The average molecular weight is 383 g/mol. The van der Waals surface area contributed by atoms with Gasteiger partial charge in [0.1, 0.15) is 0 Å². The first-order valence-corrected chi connectivity index (χ1v) is 12.2. The van der Waals surface area contributed by atoms with Crippen LogP contribution in [0.15, 0.2) is 30.3 Å². The molecule has 0 radical (unpaired) electrons. The molecule has 0 bridgehead atoms. The molecule has 0 N–H and O–H groups in total. The molecule has 0 amide bonds. The lowest BCUT2D eigenvalue weighted by Crippen LogP contribution is -2.11. The van der Waals surface area contributed by atoms with E-state index in [0.717, 1.165) is 25.7 Å². The summed E-state index contributed by atoms with van der Waals surface area (Å²) in [7, 11) is -3.19. The van der Waals surface area contributed by atoms with E-state index in [1.165, 1.54) is 51.4 Å². The summed E-state index contributed by atoms with van der Waals surface area (Å²) in [6, 6.07) is 9.41. The first-order valence-electron chi connectivity index (χ1n) is 10.7. The van der Waals surface area contributed by atoms with Crippen molar-refractivity contribution in [3.05, 3.63) is 30.3 Å². The first kappa shape index (κ1) is 23.4. The molecule has 26 heavy (non-hydrogen) atoms. The van der Waals surface area contributed by atoms with Crippen LogP contribution in [0.4, 0.5) is 0 Å². The van der Waals surface area contributed by atoms with Gasteiger partial charge in [-0.1, -0.05) is 96.3 Å². The largest absolute Gasteiger partial charge is 0.361 e. The van der Waals surface area contributed by atoms with Crippen LogP contribution >= 0.6 is 7.60 Å². The monoisotopic (exact) mass is 382 g/mol. The van der Waals surface area contributed by atoms with Crippen molar-refractivity contribution < 1.29 is 13.6 Å². The zero-order chi connectivity index (χ0) is 18.9. The van der Waals surface area contributed by atoms with E-state index in [2.05, 4.69) is 13.8 Å². The Kier molecular flexibility index (Phi) is 13.9. The van der Waals surface area contributed by atoms with E-state index in [1.54, 1.807) is 0 Å². The zero-order valence-corrected chi connectivity index (χ0v) is 17.9. The highest BCUT2D eigenvalue weighted by Crippen LogP contribution is 2.47. The van der Waals surface area contributed by atoms with Crippen LogP contribution in [0, 0.1) is 0 Å². The average Bonchev–Trinajstić information content (AvgIpc) is 2.67. The third-order valence-electron chi connectivity index (χ3n) is 4.59. The van der Waals surface area contributed by atoms with Crippen molar-refractivity contribution in [2.75, 3.05) is 13.2 Å². The molecule has 0 unspecified atom stereocenters. The Morgan fingerprint density at radius 3 is 1.54 bits per heavy atom.